The lowest BCUT2D eigenvalue weighted by Crippen LogP contribution is -2.54. The van der Waals surface area contributed by atoms with Crippen LogP contribution < -0.4 is 11.1 Å². The van der Waals surface area contributed by atoms with Gasteiger partial charge >= 0.3 is 6.09 Å². The van der Waals surface area contributed by atoms with Gasteiger partial charge in [-0.2, -0.15) is 0 Å². The molecule has 108 valence electrons. The molecule has 0 aromatic rings. The Morgan fingerprint density at radius 1 is 1.47 bits per heavy atom. The molecule has 0 bridgehead atoms. The van der Waals surface area contributed by atoms with Crippen molar-refractivity contribution in [2.75, 3.05) is 13.7 Å². The van der Waals surface area contributed by atoms with E-state index in [0.717, 1.165) is 6.42 Å². The Kier molecular flexibility index (Phi) is 5.14. The van der Waals surface area contributed by atoms with E-state index in [1.165, 1.54) is 7.11 Å². The summed E-state index contributed by atoms with van der Waals surface area (Å²) in [7, 11) is 1.26. The Balaban J connectivity index is 2.81. The summed E-state index contributed by atoms with van der Waals surface area (Å²) in [6.45, 7) is 4.25. The molecular weight excluding hydrogens is 248 g/mol. The van der Waals surface area contributed by atoms with Gasteiger partial charge in [-0.25, -0.2) is 4.79 Å². The largest absolute Gasteiger partial charge is 0.453 e. The van der Waals surface area contributed by atoms with Crippen LogP contribution in [0.2, 0.25) is 0 Å². The monoisotopic (exact) mass is 270 g/mol. The van der Waals surface area contributed by atoms with Crippen LogP contribution in [-0.2, 0) is 9.53 Å². The van der Waals surface area contributed by atoms with Gasteiger partial charge in [0.2, 0.25) is 5.91 Å². The van der Waals surface area contributed by atoms with Gasteiger partial charge in [0.15, 0.2) is 0 Å². The number of alkyl carbamates (subject to hydrolysis) is 1. The Hall–Kier alpha value is -1.79. The molecule has 0 aliphatic carbocycles. The minimum Gasteiger partial charge on any atom is -0.453 e. The molecule has 0 aromatic heterocycles. The average Bonchev–Trinajstić information content (AvgIpc) is 2.83. The van der Waals surface area contributed by atoms with Crippen molar-refractivity contribution in [1.29, 1.82) is 5.41 Å². The van der Waals surface area contributed by atoms with Crippen LogP contribution in [0.4, 0.5) is 4.79 Å². The highest BCUT2D eigenvalue weighted by atomic mass is 16.5. The second-order valence-corrected chi connectivity index (χ2v) is 5.00. The zero-order chi connectivity index (χ0) is 14.6. The van der Waals surface area contributed by atoms with Crippen LogP contribution in [0.3, 0.4) is 0 Å². The van der Waals surface area contributed by atoms with Gasteiger partial charge in [0.05, 0.1) is 13.2 Å². The average molecular weight is 270 g/mol. The van der Waals surface area contributed by atoms with Gasteiger partial charge in [-0.1, -0.05) is 13.8 Å². The van der Waals surface area contributed by atoms with E-state index < -0.39 is 12.1 Å². The third-order valence-electron chi connectivity index (χ3n) is 3.29. The lowest BCUT2D eigenvalue weighted by molar-refractivity contribution is -0.134. The summed E-state index contributed by atoms with van der Waals surface area (Å²) in [4.78, 5) is 25.3. The minimum absolute atomic E-state index is 0.00794. The summed E-state index contributed by atoms with van der Waals surface area (Å²) >= 11 is 0. The molecule has 7 heteroatoms. The molecule has 4 N–H and O–H groups in total. The Bertz CT molecular complexity index is 370. The summed E-state index contributed by atoms with van der Waals surface area (Å²) in [5, 5.41) is 10.1. The lowest BCUT2D eigenvalue weighted by atomic mass is 10.0. The molecule has 0 spiro atoms. The summed E-state index contributed by atoms with van der Waals surface area (Å²) in [5.41, 5.74) is 5.51. The number of nitrogens with two attached hydrogens (primary N) is 1. The fourth-order valence-corrected chi connectivity index (χ4v) is 2.23. The van der Waals surface area contributed by atoms with Crippen molar-refractivity contribution in [1.82, 2.24) is 10.2 Å². The van der Waals surface area contributed by atoms with E-state index in [-0.39, 0.29) is 23.7 Å². The highest BCUT2D eigenvalue weighted by Gasteiger charge is 2.36. The van der Waals surface area contributed by atoms with Gasteiger partial charge < -0.3 is 20.7 Å². The normalized spacial score (nSPS) is 20.2. The molecule has 1 heterocycles. The molecule has 19 heavy (non-hydrogen) atoms. The fraction of sp³-hybridized carbons (Fsp3) is 0.750. The van der Waals surface area contributed by atoms with Gasteiger partial charge in [0, 0.05) is 6.54 Å². The summed E-state index contributed by atoms with van der Waals surface area (Å²) in [5.74, 6) is -0.288. The number of nitrogens with one attached hydrogen (secondary N) is 2. The standard InChI is InChI=1S/C12H22N4O3/c1-7(2)9(15-12(18)19-3)11(17)16-6-4-5-8(16)10(13)14/h7-9H,4-6H2,1-3H3,(H3,13,14)(H,15,18)/t8?,9-/m0/s1. The van der Waals surface area contributed by atoms with Crippen LogP contribution in [0.15, 0.2) is 0 Å². The predicted molar refractivity (Wildman–Crippen MR) is 70.8 cm³/mol. The first-order chi connectivity index (χ1) is 8.88. The smallest absolute Gasteiger partial charge is 0.407 e. The first-order valence-corrected chi connectivity index (χ1v) is 6.37. The Morgan fingerprint density at radius 3 is 2.58 bits per heavy atom. The molecule has 1 aliphatic heterocycles. The Morgan fingerprint density at radius 2 is 2.11 bits per heavy atom. The highest BCUT2D eigenvalue weighted by Crippen LogP contribution is 2.20. The maximum atomic E-state index is 12.5. The van der Waals surface area contributed by atoms with E-state index >= 15 is 0 Å². The number of amidine groups is 1. The quantitative estimate of drug-likeness (QED) is 0.504. The molecule has 1 unspecified atom stereocenters. The number of nitrogens with zero attached hydrogens (tertiary/aromatic N) is 1. The van der Waals surface area contributed by atoms with Gasteiger partial charge in [0.25, 0.3) is 0 Å². The number of amides is 2. The molecule has 1 rings (SSSR count). The van der Waals surface area contributed by atoms with Crippen molar-refractivity contribution >= 4 is 17.8 Å². The molecule has 1 aliphatic rings. The van der Waals surface area contributed by atoms with Gasteiger partial charge in [0.1, 0.15) is 11.9 Å². The van der Waals surface area contributed by atoms with Crippen molar-refractivity contribution in [2.24, 2.45) is 11.7 Å². The number of carbonyl (C=O) groups excluding carboxylic acids is 2. The van der Waals surface area contributed by atoms with Crippen molar-refractivity contribution in [2.45, 2.75) is 38.8 Å². The van der Waals surface area contributed by atoms with Crippen molar-refractivity contribution in [3.8, 4) is 0 Å². The molecule has 1 saturated heterocycles. The molecular formula is C12H22N4O3. The second kappa shape index (κ2) is 6.40. The van der Waals surface area contributed by atoms with Crippen LogP contribution >= 0.6 is 0 Å². The van der Waals surface area contributed by atoms with E-state index in [9.17, 15) is 9.59 Å². The van der Waals surface area contributed by atoms with Crippen LogP contribution in [-0.4, -0.2) is 48.5 Å². The van der Waals surface area contributed by atoms with Crippen LogP contribution in [0.25, 0.3) is 0 Å². The van der Waals surface area contributed by atoms with Crippen molar-refractivity contribution < 1.29 is 14.3 Å². The van der Waals surface area contributed by atoms with Crippen molar-refractivity contribution in [3.05, 3.63) is 0 Å². The number of carbonyl (C=O) groups is 2. The van der Waals surface area contributed by atoms with Gasteiger partial charge in [-0.15, -0.1) is 0 Å². The van der Waals surface area contributed by atoms with Crippen molar-refractivity contribution in [3.63, 3.8) is 0 Å². The molecule has 7 nitrogen and oxygen atoms in total. The van der Waals surface area contributed by atoms with Crippen LogP contribution in [0.5, 0.6) is 0 Å². The molecule has 0 saturated carbocycles. The topological polar surface area (TPSA) is 109 Å². The Labute approximate surface area is 113 Å². The zero-order valence-corrected chi connectivity index (χ0v) is 11.6. The first-order valence-electron chi connectivity index (χ1n) is 6.37. The first kappa shape index (κ1) is 15.3. The minimum atomic E-state index is -0.660. The van der Waals surface area contributed by atoms with E-state index in [1.807, 2.05) is 13.8 Å². The number of rotatable bonds is 4. The van der Waals surface area contributed by atoms with Gasteiger partial charge in [-0.3, -0.25) is 10.2 Å². The second-order valence-electron chi connectivity index (χ2n) is 5.00. The highest BCUT2D eigenvalue weighted by molar-refractivity contribution is 5.92. The summed E-state index contributed by atoms with van der Waals surface area (Å²) in [6, 6.07) is -1.01. The van der Waals surface area contributed by atoms with E-state index in [4.69, 9.17) is 11.1 Å². The lowest BCUT2D eigenvalue weighted by Gasteiger charge is -2.30. The molecule has 0 aromatic carbocycles. The molecule has 2 atom stereocenters. The van der Waals surface area contributed by atoms with Crippen LogP contribution in [0, 0.1) is 11.3 Å². The van der Waals surface area contributed by atoms with E-state index in [2.05, 4.69) is 10.1 Å². The number of ether oxygens (including phenoxy) is 1. The third-order valence-corrected chi connectivity index (χ3v) is 3.29. The number of likely N-dealkylation sites (tertiary alicyclic amines) is 1. The van der Waals surface area contributed by atoms with E-state index in [1.54, 1.807) is 4.90 Å². The van der Waals surface area contributed by atoms with Gasteiger partial charge in [-0.05, 0) is 18.8 Å². The fourth-order valence-electron chi connectivity index (χ4n) is 2.23. The summed E-state index contributed by atoms with van der Waals surface area (Å²) in [6.07, 6.45) is 0.883. The molecule has 0 radical (unpaired) electrons. The third kappa shape index (κ3) is 3.59. The number of methoxy groups -OCH3 is 1. The number of hydrogen-bond acceptors (Lipinski definition) is 4. The molecule has 2 amide bonds. The SMILES string of the molecule is COC(=O)N[C@H](C(=O)N1CCCC1C(=N)N)C(C)C. The number of hydrogen-bond donors (Lipinski definition) is 3. The predicted octanol–water partition coefficient (Wildman–Crippen LogP) is 0.294. The van der Waals surface area contributed by atoms with Crippen LogP contribution in [0.1, 0.15) is 26.7 Å². The zero-order valence-electron chi connectivity index (χ0n) is 11.6. The maximum Gasteiger partial charge on any atom is 0.407 e. The van der Waals surface area contributed by atoms with E-state index in [0.29, 0.717) is 13.0 Å². The maximum absolute atomic E-state index is 12.5. The summed E-state index contributed by atoms with van der Waals surface area (Å²) < 4.78 is 4.53. The molecule has 1 fully saturated rings.